The van der Waals surface area contributed by atoms with Gasteiger partial charge < -0.3 is 15.3 Å². The molecule has 5 heteroatoms. The van der Waals surface area contributed by atoms with E-state index in [1.54, 1.807) is 19.3 Å². The van der Waals surface area contributed by atoms with E-state index in [4.69, 9.17) is 0 Å². The molecule has 2 heterocycles. The maximum Gasteiger partial charge on any atom is 0.269 e. The van der Waals surface area contributed by atoms with Crippen molar-refractivity contribution in [3.63, 3.8) is 0 Å². The fourth-order valence-electron chi connectivity index (χ4n) is 1.84. The molecule has 1 aliphatic heterocycles. The summed E-state index contributed by atoms with van der Waals surface area (Å²) in [6.45, 7) is 1.44. The molecule has 1 unspecified atom stereocenters. The van der Waals surface area contributed by atoms with Crippen LogP contribution in [-0.2, 0) is 0 Å². The standard InChI is InChI=1S/C11H15N3O2/c1-12-11(16)10-6-8(2-4-13-10)14-5-3-9(15)7-14/h2,4,6,9,15H,3,5,7H2,1H3,(H,12,16). The van der Waals surface area contributed by atoms with Crippen LogP contribution in [0, 0.1) is 0 Å². The maximum atomic E-state index is 11.4. The van der Waals surface area contributed by atoms with Crippen molar-refractivity contribution in [1.82, 2.24) is 10.3 Å². The fourth-order valence-corrected chi connectivity index (χ4v) is 1.84. The van der Waals surface area contributed by atoms with E-state index >= 15 is 0 Å². The number of aliphatic hydroxyl groups excluding tert-OH is 1. The molecule has 0 spiro atoms. The van der Waals surface area contributed by atoms with E-state index in [-0.39, 0.29) is 12.0 Å². The lowest BCUT2D eigenvalue weighted by atomic mass is 10.3. The van der Waals surface area contributed by atoms with Gasteiger partial charge in [-0.1, -0.05) is 0 Å². The second kappa shape index (κ2) is 4.49. The maximum absolute atomic E-state index is 11.4. The second-order valence-corrected chi connectivity index (χ2v) is 3.87. The molecule has 86 valence electrons. The summed E-state index contributed by atoms with van der Waals surface area (Å²) >= 11 is 0. The molecule has 2 rings (SSSR count). The molecular formula is C11H15N3O2. The summed E-state index contributed by atoms with van der Waals surface area (Å²) < 4.78 is 0. The van der Waals surface area contributed by atoms with Crippen LogP contribution >= 0.6 is 0 Å². The predicted octanol–water partition coefficient (Wildman–Crippen LogP) is 0.0122. The van der Waals surface area contributed by atoms with Crippen LogP contribution in [-0.4, -0.2) is 42.2 Å². The number of amides is 1. The van der Waals surface area contributed by atoms with Crippen molar-refractivity contribution in [2.75, 3.05) is 25.0 Å². The summed E-state index contributed by atoms with van der Waals surface area (Å²) in [4.78, 5) is 17.5. The number of aliphatic hydroxyl groups is 1. The monoisotopic (exact) mass is 221 g/mol. The van der Waals surface area contributed by atoms with Crippen LogP contribution in [0.25, 0.3) is 0 Å². The molecule has 0 saturated carbocycles. The predicted molar refractivity (Wildman–Crippen MR) is 60.5 cm³/mol. The molecule has 1 amide bonds. The minimum absolute atomic E-state index is 0.193. The Bertz CT molecular complexity index is 395. The quantitative estimate of drug-likeness (QED) is 0.738. The molecule has 1 fully saturated rings. The Kier molecular flexibility index (Phi) is 3.05. The molecule has 1 aromatic heterocycles. The zero-order valence-electron chi connectivity index (χ0n) is 9.18. The van der Waals surface area contributed by atoms with Gasteiger partial charge in [-0.2, -0.15) is 0 Å². The zero-order valence-corrected chi connectivity index (χ0v) is 9.18. The highest BCUT2D eigenvalue weighted by Gasteiger charge is 2.21. The summed E-state index contributed by atoms with van der Waals surface area (Å²) in [5, 5.41) is 12.0. The molecule has 16 heavy (non-hydrogen) atoms. The molecule has 1 aliphatic rings. The first-order valence-electron chi connectivity index (χ1n) is 5.32. The summed E-state index contributed by atoms with van der Waals surface area (Å²) in [7, 11) is 1.58. The Hall–Kier alpha value is -1.62. The van der Waals surface area contributed by atoms with Gasteiger partial charge >= 0.3 is 0 Å². The van der Waals surface area contributed by atoms with Gasteiger partial charge in [-0.25, -0.2) is 0 Å². The van der Waals surface area contributed by atoms with Crippen LogP contribution in [0.4, 0.5) is 5.69 Å². The summed E-state index contributed by atoms with van der Waals surface area (Å²) in [5.74, 6) is -0.193. The Morgan fingerprint density at radius 1 is 1.69 bits per heavy atom. The van der Waals surface area contributed by atoms with Gasteiger partial charge in [-0.05, 0) is 18.6 Å². The summed E-state index contributed by atoms with van der Waals surface area (Å²) in [6.07, 6.45) is 2.12. The second-order valence-electron chi connectivity index (χ2n) is 3.87. The number of anilines is 1. The average Bonchev–Trinajstić information content (AvgIpc) is 2.75. The molecule has 0 aliphatic carbocycles. The Morgan fingerprint density at radius 2 is 2.50 bits per heavy atom. The third-order valence-corrected chi connectivity index (χ3v) is 2.73. The Labute approximate surface area is 94.1 Å². The molecule has 0 bridgehead atoms. The van der Waals surface area contributed by atoms with Crippen molar-refractivity contribution in [1.29, 1.82) is 0 Å². The van der Waals surface area contributed by atoms with Gasteiger partial charge in [0, 0.05) is 32.0 Å². The highest BCUT2D eigenvalue weighted by molar-refractivity contribution is 5.92. The molecule has 2 N–H and O–H groups in total. The molecule has 1 atom stereocenters. The van der Waals surface area contributed by atoms with E-state index in [1.165, 1.54) is 0 Å². The fraction of sp³-hybridized carbons (Fsp3) is 0.455. The highest BCUT2D eigenvalue weighted by Crippen LogP contribution is 2.20. The minimum atomic E-state index is -0.267. The van der Waals surface area contributed by atoms with Crippen LogP contribution < -0.4 is 10.2 Å². The van der Waals surface area contributed by atoms with Crippen molar-refractivity contribution in [3.8, 4) is 0 Å². The van der Waals surface area contributed by atoms with Gasteiger partial charge in [-0.15, -0.1) is 0 Å². The van der Waals surface area contributed by atoms with Gasteiger partial charge in [0.1, 0.15) is 5.69 Å². The van der Waals surface area contributed by atoms with E-state index in [2.05, 4.69) is 15.2 Å². The van der Waals surface area contributed by atoms with E-state index in [0.29, 0.717) is 12.2 Å². The lowest BCUT2D eigenvalue weighted by Crippen LogP contribution is -2.23. The molecule has 1 saturated heterocycles. The smallest absolute Gasteiger partial charge is 0.269 e. The van der Waals surface area contributed by atoms with Crippen LogP contribution in [0.1, 0.15) is 16.9 Å². The van der Waals surface area contributed by atoms with Crippen LogP contribution in [0.2, 0.25) is 0 Å². The zero-order chi connectivity index (χ0) is 11.5. The number of nitrogens with zero attached hydrogens (tertiary/aromatic N) is 2. The van der Waals surface area contributed by atoms with Crippen molar-refractivity contribution in [2.24, 2.45) is 0 Å². The van der Waals surface area contributed by atoms with Crippen LogP contribution in [0.3, 0.4) is 0 Å². The third kappa shape index (κ3) is 2.14. The molecular weight excluding hydrogens is 206 g/mol. The van der Waals surface area contributed by atoms with Crippen LogP contribution in [0.5, 0.6) is 0 Å². The summed E-state index contributed by atoms with van der Waals surface area (Å²) in [6, 6.07) is 3.60. The number of hydrogen-bond donors (Lipinski definition) is 2. The average molecular weight is 221 g/mol. The van der Waals surface area contributed by atoms with E-state index < -0.39 is 0 Å². The SMILES string of the molecule is CNC(=O)c1cc(N2CCC(O)C2)ccn1. The van der Waals surface area contributed by atoms with E-state index in [0.717, 1.165) is 18.7 Å². The number of nitrogens with one attached hydrogen (secondary N) is 1. The number of pyridine rings is 1. The number of carbonyl (C=O) groups excluding carboxylic acids is 1. The first-order chi connectivity index (χ1) is 7.70. The molecule has 1 aromatic rings. The lowest BCUT2D eigenvalue weighted by molar-refractivity contribution is 0.0958. The van der Waals surface area contributed by atoms with Gasteiger partial charge in [-0.3, -0.25) is 9.78 Å². The van der Waals surface area contributed by atoms with Gasteiger partial charge in [0.05, 0.1) is 6.10 Å². The van der Waals surface area contributed by atoms with E-state index in [1.807, 2.05) is 6.07 Å². The Balaban J connectivity index is 2.19. The van der Waals surface area contributed by atoms with Gasteiger partial charge in [0.25, 0.3) is 5.91 Å². The third-order valence-electron chi connectivity index (χ3n) is 2.73. The topological polar surface area (TPSA) is 65.5 Å². The number of aromatic nitrogens is 1. The largest absolute Gasteiger partial charge is 0.391 e. The summed E-state index contributed by atoms with van der Waals surface area (Å²) in [5.41, 5.74) is 1.34. The normalized spacial score (nSPS) is 19.9. The number of hydrogen-bond acceptors (Lipinski definition) is 4. The number of β-amino-alcohol motifs (C(OH)–C–C–N with tert-alkyl or cyclic N) is 1. The van der Waals surface area contributed by atoms with Gasteiger partial charge in [0.2, 0.25) is 0 Å². The Morgan fingerprint density at radius 3 is 3.12 bits per heavy atom. The van der Waals surface area contributed by atoms with Crippen molar-refractivity contribution in [2.45, 2.75) is 12.5 Å². The van der Waals surface area contributed by atoms with Crippen molar-refractivity contribution in [3.05, 3.63) is 24.0 Å². The molecule has 0 aromatic carbocycles. The van der Waals surface area contributed by atoms with Crippen LogP contribution in [0.15, 0.2) is 18.3 Å². The number of rotatable bonds is 2. The molecule has 5 nitrogen and oxygen atoms in total. The highest BCUT2D eigenvalue weighted by atomic mass is 16.3. The van der Waals surface area contributed by atoms with Crippen molar-refractivity contribution >= 4 is 11.6 Å². The molecule has 0 radical (unpaired) electrons. The first-order valence-corrected chi connectivity index (χ1v) is 5.32. The first kappa shape index (κ1) is 10.9. The van der Waals surface area contributed by atoms with E-state index in [9.17, 15) is 9.90 Å². The lowest BCUT2D eigenvalue weighted by Gasteiger charge is -2.17. The number of carbonyl (C=O) groups is 1. The van der Waals surface area contributed by atoms with Gasteiger partial charge in [0.15, 0.2) is 0 Å². The van der Waals surface area contributed by atoms with Crippen molar-refractivity contribution < 1.29 is 9.90 Å². The minimum Gasteiger partial charge on any atom is -0.391 e.